The van der Waals surface area contributed by atoms with E-state index in [4.69, 9.17) is 4.98 Å². The van der Waals surface area contributed by atoms with Crippen LogP contribution in [-0.2, 0) is 0 Å². The van der Waals surface area contributed by atoms with Gasteiger partial charge in [0.25, 0.3) is 0 Å². The van der Waals surface area contributed by atoms with Crippen LogP contribution in [0.2, 0.25) is 0 Å². The van der Waals surface area contributed by atoms with Crippen molar-refractivity contribution in [3.8, 4) is 17.1 Å². The van der Waals surface area contributed by atoms with Gasteiger partial charge in [-0.25, -0.2) is 4.98 Å². The largest absolute Gasteiger partial charge is 0.315 e. The van der Waals surface area contributed by atoms with Crippen molar-refractivity contribution < 1.29 is 4.79 Å². The van der Waals surface area contributed by atoms with E-state index in [0.717, 1.165) is 72.6 Å². The number of likely N-dealkylation sites (tertiary alicyclic amines) is 1. The minimum atomic E-state index is 0.00899. The minimum Gasteiger partial charge on any atom is -0.315 e. The van der Waals surface area contributed by atoms with Crippen molar-refractivity contribution in [2.24, 2.45) is 0 Å². The second kappa shape index (κ2) is 8.58. The number of aromatic nitrogens is 2. The van der Waals surface area contributed by atoms with Gasteiger partial charge >= 0.3 is 0 Å². The number of carbonyl (C=O) groups is 1. The number of Topliss-reactive ketones (excluding diaryl/α,β-unsaturated/α-hetero) is 1. The van der Waals surface area contributed by atoms with E-state index in [0.29, 0.717) is 6.04 Å². The molecule has 0 radical (unpaired) electrons. The van der Waals surface area contributed by atoms with E-state index in [2.05, 4.69) is 45.1 Å². The van der Waals surface area contributed by atoms with Crippen LogP contribution >= 0.6 is 0 Å². The van der Waals surface area contributed by atoms with E-state index in [-0.39, 0.29) is 11.8 Å². The van der Waals surface area contributed by atoms with Gasteiger partial charge in [0.15, 0.2) is 5.78 Å². The summed E-state index contributed by atoms with van der Waals surface area (Å²) in [5.74, 6) is 1.16. The number of nitrogens with zero attached hydrogens (tertiary/aromatic N) is 3. The van der Waals surface area contributed by atoms with Gasteiger partial charge in [-0.15, -0.1) is 0 Å². The number of hydrogen-bond donors (Lipinski definition) is 1. The quantitative estimate of drug-likeness (QED) is 0.461. The van der Waals surface area contributed by atoms with Crippen LogP contribution in [0.25, 0.3) is 28.1 Å². The van der Waals surface area contributed by atoms with Gasteiger partial charge in [-0.3, -0.25) is 14.3 Å². The number of hydrogen-bond acceptors (Lipinski definition) is 4. The third-order valence-electron chi connectivity index (χ3n) is 7.10. The van der Waals surface area contributed by atoms with Gasteiger partial charge in [-0.2, -0.15) is 0 Å². The molecule has 2 unspecified atom stereocenters. The van der Waals surface area contributed by atoms with Crippen molar-refractivity contribution in [1.82, 2.24) is 19.8 Å². The summed E-state index contributed by atoms with van der Waals surface area (Å²) in [6.45, 7) is 3.08. The molecule has 6 rings (SSSR count). The summed E-state index contributed by atoms with van der Waals surface area (Å²) in [6, 6.07) is 27.1. The smallest absolute Gasteiger partial charge is 0.179 e. The molecule has 3 heterocycles. The summed E-state index contributed by atoms with van der Waals surface area (Å²) in [7, 11) is 0. The Morgan fingerprint density at radius 3 is 2.48 bits per heavy atom. The fraction of sp³-hybridized carbons (Fsp3) is 0.286. The Morgan fingerprint density at radius 1 is 0.909 bits per heavy atom. The number of nitrogens with one attached hydrogen (secondary N) is 1. The Kier molecular flexibility index (Phi) is 5.29. The fourth-order valence-electron chi connectivity index (χ4n) is 5.47. The first kappa shape index (κ1) is 20.3. The van der Waals surface area contributed by atoms with Gasteiger partial charge in [0, 0.05) is 29.4 Å². The van der Waals surface area contributed by atoms with Gasteiger partial charge in [0.1, 0.15) is 5.82 Å². The van der Waals surface area contributed by atoms with E-state index in [1.807, 2.05) is 48.5 Å². The normalized spacial score (nSPS) is 21.1. The maximum absolute atomic E-state index is 13.4. The molecular weight excluding hydrogens is 408 g/mol. The zero-order valence-electron chi connectivity index (χ0n) is 18.7. The summed E-state index contributed by atoms with van der Waals surface area (Å²) in [4.78, 5) is 20.8. The van der Waals surface area contributed by atoms with Crippen molar-refractivity contribution >= 4 is 16.8 Å². The molecule has 33 heavy (non-hydrogen) atoms. The number of rotatable bonds is 5. The van der Waals surface area contributed by atoms with Crippen LogP contribution in [0, 0.1) is 0 Å². The summed E-state index contributed by atoms with van der Waals surface area (Å²) >= 11 is 0. The molecule has 2 aliphatic rings. The van der Waals surface area contributed by atoms with Crippen LogP contribution in [0.5, 0.6) is 0 Å². The molecule has 2 saturated heterocycles. The van der Waals surface area contributed by atoms with Gasteiger partial charge in [-0.05, 0) is 68.8 Å². The molecule has 166 valence electrons. The lowest BCUT2D eigenvalue weighted by atomic mass is 10.0. The number of para-hydroxylation sites is 2. The van der Waals surface area contributed by atoms with Crippen molar-refractivity contribution in [2.45, 2.75) is 31.3 Å². The second-order valence-electron chi connectivity index (χ2n) is 9.08. The van der Waals surface area contributed by atoms with Crippen LogP contribution in [0.3, 0.4) is 0 Å². The minimum absolute atomic E-state index is 0.00899. The molecule has 2 atom stereocenters. The predicted octanol–water partition coefficient (Wildman–Crippen LogP) is 4.70. The number of fused-ring (bicyclic) bond motifs is 1. The van der Waals surface area contributed by atoms with Gasteiger partial charge < -0.3 is 5.32 Å². The molecule has 1 aromatic heterocycles. The Bertz CT molecular complexity index is 1270. The molecule has 4 aromatic rings. The Hall–Kier alpha value is -3.28. The average molecular weight is 437 g/mol. The third kappa shape index (κ3) is 3.67. The molecule has 1 N–H and O–H groups in total. The molecule has 0 saturated carbocycles. The highest BCUT2D eigenvalue weighted by Crippen LogP contribution is 2.30. The topological polar surface area (TPSA) is 50.2 Å². The predicted molar refractivity (Wildman–Crippen MR) is 132 cm³/mol. The Morgan fingerprint density at radius 2 is 1.70 bits per heavy atom. The lowest BCUT2D eigenvalue weighted by Gasteiger charge is -2.29. The molecule has 0 bridgehead atoms. The molecular formula is C28H28N4O. The van der Waals surface area contributed by atoms with Crippen molar-refractivity contribution in [3.05, 3.63) is 84.4 Å². The average Bonchev–Trinajstić information content (AvgIpc) is 3.63. The molecule has 0 spiro atoms. The highest BCUT2D eigenvalue weighted by molar-refractivity contribution is 6.00. The highest BCUT2D eigenvalue weighted by atomic mass is 16.1. The molecule has 5 nitrogen and oxygen atoms in total. The lowest BCUT2D eigenvalue weighted by molar-refractivity contribution is 0.0826. The number of benzene rings is 3. The van der Waals surface area contributed by atoms with Crippen LogP contribution in [0.15, 0.2) is 78.9 Å². The van der Waals surface area contributed by atoms with E-state index in [1.54, 1.807) is 0 Å². The zero-order valence-corrected chi connectivity index (χ0v) is 18.7. The maximum Gasteiger partial charge on any atom is 0.179 e. The van der Waals surface area contributed by atoms with Gasteiger partial charge in [0.05, 0.1) is 17.1 Å². The number of ketones is 1. The summed E-state index contributed by atoms with van der Waals surface area (Å²) in [5.41, 5.74) is 4.91. The molecule has 0 aliphatic carbocycles. The summed E-state index contributed by atoms with van der Waals surface area (Å²) in [5, 5.41) is 3.44. The lowest BCUT2D eigenvalue weighted by Crippen LogP contribution is -2.44. The molecule has 2 aliphatic heterocycles. The van der Waals surface area contributed by atoms with Crippen molar-refractivity contribution in [3.63, 3.8) is 0 Å². The third-order valence-corrected chi connectivity index (χ3v) is 7.10. The first-order valence-electron chi connectivity index (χ1n) is 11.9. The fourth-order valence-corrected chi connectivity index (χ4v) is 5.47. The number of imidazole rings is 1. The maximum atomic E-state index is 13.4. The molecule has 3 aromatic carbocycles. The standard InChI is InChI=1S/C28H28N4O/c33-27(26-11-6-18-31(26)23-16-17-29-19-23)20-12-14-22(15-13-20)32-25-10-5-4-9-24(25)30-28(32)21-7-2-1-3-8-21/h1-5,7-10,12-15,23,26,29H,6,11,16-19H2. The van der Waals surface area contributed by atoms with E-state index in [1.165, 1.54) is 0 Å². The van der Waals surface area contributed by atoms with Gasteiger partial charge in [0.2, 0.25) is 0 Å². The molecule has 2 fully saturated rings. The van der Waals surface area contributed by atoms with E-state index < -0.39 is 0 Å². The monoisotopic (exact) mass is 436 g/mol. The zero-order chi connectivity index (χ0) is 22.2. The Balaban J connectivity index is 1.34. The van der Waals surface area contributed by atoms with Crippen molar-refractivity contribution in [1.29, 1.82) is 0 Å². The summed E-state index contributed by atoms with van der Waals surface area (Å²) < 4.78 is 2.19. The highest BCUT2D eigenvalue weighted by Gasteiger charge is 2.36. The van der Waals surface area contributed by atoms with E-state index >= 15 is 0 Å². The molecule has 0 amide bonds. The van der Waals surface area contributed by atoms with Crippen LogP contribution < -0.4 is 5.32 Å². The van der Waals surface area contributed by atoms with E-state index in [9.17, 15) is 4.79 Å². The van der Waals surface area contributed by atoms with Gasteiger partial charge in [-0.1, -0.05) is 42.5 Å². The molecule has 5 heteroatoms. The van der Waals surface area contributed by atoms with Crippen LogP contribution in [-0.4, -0.2) is 52.0 Å². The second-order valence-corrected chi connectivity index (χ2v) is 9.08. The first-order valence-corrected chi connectivity index (χ1v) is 11.9. The summed E-state index contributed by atoms with van der Waals surface area (Å²) in [6.07, 6.45) is 3.20. The van der Waals surface area contributed by atoms with Crippen LogP contribution in [0.4, 0.5) is 0 Å². The first-order chi connectivity index (χ1) is 16.3. The van der Waals surface area contributed by atoms with Crippen LogP contribution in [0.1, 0.15) is 29.6 Å². The number of carbonyl (C=O) groups excluding carboxylic acids is 1. The van der Waals surface area contributed by atoms with Crippen molar-refractivity contribution in [2.75, 3.05) is 19.6 Å². The SMILES string of the molecule is O=C(c1ccc(-n2c(-c3ccccc3)nc3ccccc32)cc1)C1CCCN1C1CCNC1. The Labute approximate surface area is 194 Å².